The van der Waals surface area contributed by atoms with Crippen LogP contribution in [0.15, 0.2) is 30.9 Å². The SMILES string of the molecule is C=CCNc1c(C(CC)CC)cc(C)nc1Oc1c(C)cc(C)cc1C. The zero-order valence-electron chi connectivity index (χ0n) is 17.1. The van der Waals surface area contributed by atoms with Gasteiger partial charge in [0, 0.05) is 12.2 Å². The van der Waals surface area contributed by atoms with Gasteiger partial charge in [-0.1, -0.05) is 37.6 Å². The third-order valence-electron chi connectivity index (χ3n) is 4.80. The lowest BCUT2D eigenvalue weighted by Crippen LogP contribution is -2.09. The molecule has 26 heavy (non-hydrogen) atoms. The summed E-state index contributed by atoms with van der Waals surface area (Å²) in [6.45, 7) is 17.3. The Morgan fingerprint density at radius 3 is 2.23 bits per heavy atom. The Hall–Kier alpha value is -2.29. The molecule has 1 aromatic carbocycles. The highest BCUT2D eigenvalue weighted by molar-refractivity contribution is 5.63. The average molecular weight is 353 g/mol. The summed E-state index contributed by atoms with van der Waals surface area (Å²) < 4.78 is 6.38. The first-order valence-corrected chi connectivity index (χ1v) is 9.53. The van der Waals surface area contributed by atoms with Gasteiger partial charge in [0.05, 0.1) is 0 Å². The summed E-state index contributed by atoms with van der Waals surface area (Å²) in [5.41, 5.74) is 6.75. The van der Waals surface area contributed by atoms with Crippen LogP contribution >= 0.6 is 0 Å². The second kappa shape index (κ2) is 8.88. The van der Waals surface area contributed by atoms with Gasteiger partial charge in [0.25, 0.3) is 0 Å². The van der Waals surface area contributed by atoms with Crippen LogP contribution in [-0.4, -0.2) is 11.5 Å². The summed E-state index contributed by atoms with van der Waals surface area (Å²) in [7, 11) is 0. The van der Waals surface area contributed by atoms with Crippen molar-refractivity contribution in [1.29, 1.82) is 0 Å². The number of nitrogens with one attached hydrogen (secondary N) is 1. The number of hydrogen-bond acceptors (Lipinski definition) is 3. The number of hydrogen-bond donors (Lipinski definition) is 1. The van der Waals surface area contributed by atoms with E-state index < -0.39 is 0 Å². The summed E-state index contributed by atoms with van der Waals surface area (Å²) >= 11 is 0. The summed E-state index contributed by atoms with van der Waals surface area (Å²) in [5.74, 6) is 2.03. The van der Waals surface area contributed by atoms with Crippen LogP contribution in [0.2, 0.25) is 0 Å². The fourth-order valence-corrected chi connectivity index (χ4v) is 3.57. The van der Waals surface area contributed by atoms with Crippen molar-refractivity contribution in [2.24, 2.45) is 0 Å². The van der Waals surface area contributed by atoms with Gasteiger partial charge in [0.2, 0.25) is 5.88 Å². The summed E-state index contributed by atoms with van der Waals surface area (Å²) in [4.78, 5) is 4.72. The number of anilines is 1. The minimum absolute atomic E-state index is 0.478. The summed E-state index contributed by atoms with van der Waals surface area (Å²) in [6, 6.07) is 6.48. The van der Waals surface area contributed by atoms with Gasteiger partial charge >= 0.3 is 0 Å². The molecule has 0 saturated carbocycles. The molecule has 3 nitrogen and oxygen atoms in total. The van der Waals surface area contributed by atoms with Gasteiger partial charge in [0.15, 0.2) is 0 Å². The predicted molar refractivity (Wildman–Crippen MR) is 112 cm³/mol. The molecule has 0 aliphatic carbocycles. The van der Waals surface area contributed by atoms with E-state index in [4.69, 9.17) is 9.72 Å². The molecule has 0 atom stereocenters. The first-order valence-electron chi connectivity index (χ1n) is 9.53. The normalized spacial score (nSPS) is 10.9. The van der Waals surface area contributed by atoms with Crippen LogP contribution < -0.4 is 10.1 Å². The molecule has 0 bridgehead atoms. The Labute approximate surface area is 158 Å². The quantitative estimate of drug-likeness (QED) is 0.543. The zero-order valence-corrected chi connectivity index (χ0v) is 17.1. The van der Waals surface area contributed by atoms with E-state index in [9.17, 15) is 0 Å². The molecule has 0 spiro atoms. The van der Waals surface area contributed by atoms with Crippen LogP contribution in [0.25, 0.3) is 0 Å². The Morgan fingerprint density at radius 1 is 1.08 bits per heavy atom. The highest BCUT2D eigenvalue weighted by Gasteiger charge is 2.20. The molecule has 0 saturated heterocycles. The Balaban J connectivity index is 2.58. The molecule has 3 heteroatoms. The minimum atomic E-state index is 0.478. The topological polar surface area (TPSA) is 34.2 Å². The smallest absolute Gasteiger partial charge is 0.243 e. The molecule has 1 heterocycles. The van der Waals surface area contributed by atoms with Crippen LogP contribution in [0.5, 0.6) is 11.6 Å². The number of aryl methyl sites for hydroxylation is 4. The van der Waals surface area contributed by atoms with E-state index in [2.05, 4.69) is 64.7 Å². The fraction of sp³-hybridized carbons (Fsp3) is 0.435. The maximum absolute atomic E-state index is 6.38. The van der Waals surface area contributed by atoms with Crippen molar-refractivity contribution in [2.45, 2.75) is 60.3 Å². The molecular formula is C23H32N2O. The molecule has 0 radical (unpaired) electrons. The molecule has 0 aliphatic rings. The van der Waals surface area contributed by atoms with E-state index in [1.54, 1.807) is 0 Å². The number of rotatable bonds is 8. The van der Waals surface area contributed by atoms with Crippen molar-refractivity contribution in [3.8, 4) is 11.6 Å². The monoisotopic (exact) mass is 352 g/mol. The predicted octanol–water partition coefficient (Wildman–Crippen LogP) is 6.61. The van der Waals surface area contributed by atoms with Gasteiger partial charge < -0.3 is 10.1 Å². The first-order chi connectivity index (χ1) is 12.4. The number of ether oxygens (including phenoxy) is 1. The second-order valence-electron chi connectivity index (χ2n) is 7.05. The van der Waals surface area contributed by atoms with Gasteiger partial charge in [-0.2, -0.15) is 0 Å². The number of aromatic nitrogens is 1. The van der Waals surface area contributed by atoms with Crippen LogP contribution in [-0.2, 0) is 0 Å². The van der Waals surface area contributed by atoms with E-state index >= 15 is 0 Å². The standard InChI is InChI=1S/C23H32N2O/c1-8-11-24-21-20(19(9-2)10-3)14-18(7)25-23(21)26-22-16(5)12-15(4)13-17(22)6/h8,12-14,19,24H,1,9-11H2,2-7H3. The summed E-state index contributed by atoms with van der Waals surface area (Å²) in [5, 5.41) is 3.47. The van der Waals surface area contributed by atoms with Gasteiger partial charge in [0.1, 0.15) is 11.4 Å². The third kappa shape index (κ3) is 4.46. The molecule has 0 fully saturated rings. The number of benzene rings is 1. The first kappa shape index (κ1) is 20.0. The van der Waals surface area contributed by atoms with Crippen LogP contribution in [0.3, 0.4) is 0 Å². The maximum atomic E-state index is 6.38. The molecule has 0 amide bonds. The average Bonchev–Trinajstić information content (AvgIpc) is 2.58. The molecule has 2 aromatic rings. The van der Waals surface area contributed by atoms with Crippen molar-refractivity contribution in [1.82, 2.24) is 4.98 Å². The molecule has 140 valence electrons. The molecule has 0 unspecified atom stereocenters. The van der Waals surface area contributed by atoms with Crippen molar-refractivity contribution >= 4 is 5.69 Å². The Kier molecular flexibility index (Phi) is 6.84. The molecular weight excluding hydrogens is 320 g/mol. The van der Waals surface area contributed by atoms with E-state index in [0.717, 1.165) is 41.1 Å². The van der Waals surface area contributed by atoms with E-state index in [0.29, 0.717) is 18.3 Å². The van der Waals surface area contributed by atoms with Crippen molar-refractivity contribution in [3.05, 3.63) is 58.8 Å². The van der Waals surface area contributed by atoms with Crippen molar-refractivity contribution in [2.75, 3.05) is 11.9 Å². The van der Waals surface area contributed by atoms with E-state index in [-0.39, 0.29) is 0 Å². The van der Waals surface area contributed by atoms with Crippen molar-refractivity contribution in [3.63, 3.8) is 0 Å². The van der Waals surface area contributed by atoms with Gasteiger partial charge in [-0.3, -0.25) is 0 Å². The third-order valence-corrected chi connectivity index (χ3v) is 4.80. The number of nitrogens with zero attached hydrogens (tertiary/aromatic N) is 1. The highest BCUT2D eigenvalue weighted by Crippen LogP contribution is 2.39. The maximum Gasteiger partial charge on any atom is 0.243 e. The largest absolute Gasteiger partial charge is 0.437 e. The molecule has 1 aromatic heterocycles. The van der Waals surface area contributed by atoms with Gasteiger partial charge in [-0.15, -0.1) is 6.58 Å². The van der Waals surface area contributed by atoms with E-state index in [1.165, 1.54) is 11.1 Å². The Bertz CT molecular complexity index is 753. The van der Waals surface area contributed by atoms with Crippen LogP contribution in [0, 0.1) is 27.7 Å². The van der Waals surface area contributed by atoms with Crippen molar-refractivity contribution < 1.29 is 4.74 Å². The summed E-state index contributed by atoms with van der Waals surface area (Å²) in [6.07, 6.45) is 4.04. The van der Waals surface area contributed by atoms with E-state index in [1.807, 2.05) is 13.0 Å². The van der Waals surface area contributed by atoms with Crippen LogP contribution in [0.4, 0.5) is 5.69 Å². The zero-order chi connectivity index (χ0) is 19.3. The van der Waals surface area contributed by atoms with Gasteiger partial charge in [-0.25, -0.2) is 4.98 Å². The van der Waals surface area contributed by atoms with Crippen LogP contribution in [0.1, 0.15) is 60.6 Å². The Morgan fingerprint density at radius 2 is 1.69 bits per heavy atom. The lowest BCUT2D eigenvalue weighted by Gasteiger charge is -2.22. The second-order valence-corrected chi connectivity index (χ2v) is 7.05. The molecule has 2 rings (SSSR count). The minimum Gasteiger partial charge on any atom is -0.437 e. The fourth-order valence-electron chi connectivity index (χ4n) is 3.57. The molecule has 0 aliphatic heterocycles. The molecule has 1 N–H and O–H groups in total. The highest BCUT2D eigenvalue weighted by atomic mass is 16.5. The van der Waals surface area contributed by atoms with Gasteiger partial charge in [-0.05, 0) is 69.2 Å². The lowest BCUT2D eigenvalue weighted by molar-refractivity contribution is 0.454. The number of pyridine rings is 1. The lowest BCUT2D eigenvalue weighted by atomic mass is 9.92.